The molecule has 1 heterocycles. The predicted octanol–water partition coefficient (Wildman–Crippen LogP) is 1.77. The Morgan fingerprint density at radius 1 is 1.42 bits per heavy atom. The van der Waals surface area contributed by atoms with Crippen molar-refractivity contribution in [3.63, 3.8) is 0 Å². The normalized spacial score (nSPS) is 23.8. The van der Waals surface area contributed by atoms with E-state index in [2.05, 4.69) is 35.3 Å². The number of hydrogen-bond acceptors (Lipinski definition) is 4. The van der Waals surface area contributed by atoms with Crippen molar-refractivity contribution in [2.45, 2.75) is 32.0 Å². The maximum atomic E-state index is 8.80. The first-order chi connectivity index (χ1) is 9.22. The molecule has 0 spiro atoms. The number of nitrogens with zero attached hydrogens (tertiary/aromatic N) is 2. The Balaban J connectivity index is 1.97. The van der Waals surface area contributed by atoms with Crippen LogP contribution in [0.5, 0.6) is 5.75 Å². The Hall–Kier alpha value is -1.57. The van der Waals surface area contributed by atoms with E-state index in [-0.39, 0.29) is 0 Å². The third-order valence-corrected chi connectivity index (χ3v) is 3.66. The van der Waals surface area contributed by atoms with Crippen molar-refractivity contribution in [2.24, 2.45) is 0 Å². The maximum absolute atomic E-state index is 8.80. The Kier molecular flexibility index (Phi) is 4.78. The van der Waals surface area contributed by atoms with E-state index < -0.39 is 0 Å². The molecule has 0 radical (unpaired) electrons. The van der Waals surface area contributed by atoms with Crippen LogP contribution in [0.3, 0.4) is 0 Å². The van der Waals surface area contributed by atoms with Gasteiger partial charge in [-0.15, -0.1) is 0 Å². The molecule has 0 amide bonds. The summed E-state index contributed by atoms with van der Waals surface area (Å²) in [6.07, 6.45) is 0.575. The van der Waals surface area contributed by atoms with E-state index in [0.717, 1.165) is 25.4 Å². The number of nitrogens with one attached hydrogen (secondary N) is 1. The van der Waals surface area contributed by atoms with Gasteiger partial charge in [0, 0.05) is 31.7 Å². The molecule has 4 nitrogen and oxygen atoms in total. The van der Waals surface area contributed by atoms with Gasteiger partial charge in [0.15, 0.2) is 0 Å². The molecule has 1 aromatic carbocycles. The molecule has 0 bridgehead atoms. The van der Waals surface area contributed by atoms with E-state index >= 15 is 0 Å². The minimum atomic E-state index is 0.291. The topological polar surface area (TPSA) is 48.3 Å². The fourth-order valence-corrected chi connectivity index (χ4v) is 2.43. The van der Waals surface area contributed by atoms with E-state index in [1.54, 1.807) is 7.11 Å². The van der Waals surface area contributed by atoms with E-state index in [0.29, 0.717) is 18.5 Å². The molecule has 0 saturated carbocycles. The van der Waals surface area contributed by atoms with Gasteiger partial charge in [-0.05, 0) is 24.6 Å². The first-order valence-corrected chi connectivity index (χ1v) is 6.70. The zero-order valence-electron chi connectivity index (χ0n) is 11.6. The number of piperazine rings is 1. The van der Waals surface area contributed by atoms with Crippen LogP contribution in [0, 0.1) is 11.3 Å². The van der Waals surface area contributed by atoms with Gasteiger partial charge < -0.3 is 10.1 Å². The van der Waals surface area contributed by atoms with Gasteiger partial charge in [-0.1, -0.05) is 12.1 Å². The molecule has 2 unspecified atom stereocenters. The largest absolute Gasteiger partial charge is 0.497 e. The van der Waals surface area contributed by atoms with Gasteiger partial charge in [-0.25, -0.2) is 0 Å². The van der Waals surface area contributed by atoms with Gasteiger partial charge >= 0.3 is 0 Å². The third kappa shape index (κ3) is 3.69. The molecule has 1 aromatic rings. The van der Waals surface area contributed by atoms with Crippen LogP contribution >= 0.6 is 0 Å². The molecule has 0 aromatic heterocycles. The van der Waals surface area contributed by atoms with Gasteiger partial charge in [0.1, 0.15) is 5.75 Å². The van der Waals surface area contributed by atoms with Crippen LogP contribution in [0.4, 0.5) is 0 Å². The lowest BCUT2D eigenvalue weighted by molar-refractivity contribution is 0.134. The van der Waals surface area contributed by atoms with Crippen molar-refractivity contribution >= 4 is 0 Å². The molecule has 2 atom stereocenters. The molecule has 1 aliphatic rings. The van der Waals surface area contributed by atoms with Crippen LogP contribution in [0.15, 0.2) is 24.3 Å². The summed E-state index contributed by atoms with van der Waals surface area (Å²) in [5.74, 6) is 0.888. The highest BCUT2D eigenvalue weighted by atomic mass is 16.5. The standard InChI is InChI=1S/C15H21N3O/c1-12-9-17-14(7-8-16)11-18(12)10-13-3-5-15(19-2)6-4-13/h3-6,12,14,17H,7,9-11H2,1-2H3. The summed E-state index contributed by atoms with van der Waals surface area (Å²) >= 11 is 0. The Morgan fingerprint density at radius 2 is 2.16 bits per heavy atom. The summed E-state index contributed by atoms with van der Waals surface area (Å²) in [5, 5.41) is 12.2. The Bertz CT molecular complexity index is 438. The number of hydrogen-bond donors (Lipinski definition) is 1. The average molecular weight is 259 g/mol. The highest BCUT2D eigenvalue weighted by molar-refractivity contribution is 5.27. The van der Waals surface area contributed by atoms with Crippen LogP contribution in [-0.2, 0) is 6.54 Å². The molecular formula is C15H21N3O. The number of nitriles is 1. The second-order valence-electron chi connectivity index (χ2n) is 5.09. The van der Waals surface area contributed by atoms with E-state index in [1.807, 2.05) is 12.1 Å². The molecule has 4 heteroatoms. The summed E-state index contributed by atoms with van der Waals surface area (Å²) < 4.78 is 5.17. The number of ether oxygens (including phenoxy) is 1. The summed E-state index contributed by atoms with van der Waals surface area (Å²) in [6.45, 7) is 5.02. The Morgan fingerprint density at radius 3 is 2.79 bits per heavy atom. The lowest BCUT2D eigenvalue weighted by atomic mass is 10.1. The molecule has 1 fully saturated rings. The quantitative estimate of drug-likeness (QED) is 0.895. The van der Waals surface area contributed by atoms with Crippen LogP contribution in [0.1, 0.15) is 18.9 Å². The van der Waals surface area contributed by atoms with Crippen molar-refractivity contribution in [2.75, 3.05) is 20.2 Å². The van der Waals surface area contributed by atoms with Crippen LogP contribution in [0.25, 0.3) is 0 Å². The third-order valence-electron chi connectivity index (χ3n) is 3.66. The summed E-state index contributed by atoms with van der Waals surface area (Å²) in [5.41, 5.74) is 1.28. The SMILES string of the molecule is COc1ccc(CN2CC(CC#N)NCC2C)cc1. The minimum Gasteiger partial charge on any atom is -0.497 e. The first kappa shape index (κ1) is 13.9. The molecule has 1 aliphatic heterocycles. The van der Waals surface area contributed by atoms with E-state index in [1.165, 1.54) is 5.56 Å². The summed E-state index contributed by atoms with van der Waals surface area (Å²) in [4.78, 5) is 2.43. The second kappa shape index (κ2) is 6.55. The average Bonchev–Trinajstić information content (AvgIpc) is 2.44. The van der Waals surface area contributed by atoms with E-state index in [9.17, 15) is 0 Å². The highest BCUT2D eigenvalue weighted by Crippen LogP contribution is 2.16. The molecule has 102 valence electrons. The highest BCUT2D eigenvalue weighted by Gasteiger charge is 2.24. The molecule has 19 heavy (non-hydrogen) atoms. The number of rotatable bonds is 4. The van der Waals surface area contributed by atoms with Crippen molar-refractivity contribution < 1.29 is 4.74 Å². The molecule has 2 rings (SSSR count). The minimum absolute atomic E-state index is 0.291. The van der Waals surface area contributed by atoms with Crippen LogP contribution in [0.2, 0.25) is 0 Å². The van der Waals surface area contributed by atoms with Crippen molar-refractivity contribution in [3.8, 4) is 11.8 Å². The predicted molar refractivity (Wildman–Crippen MR) is 74.9 cm³/mol. The van der Waals surface area contributed by atoms with Crippen molar-refractivity contribution in [1.82, 2.24) is 10.2 Å². The zero-order chi connectivity index (χ0) is 13.7. The van der Waals surface area contributed by atoms with Gasteiger partial charge in [0.25, 0.3) is 0 Å². The number of methoxy groups -OCH3 is 1. The van der Waals surface area contributed by atoms with Gasteiger partial charge in [0.2, 0.25) is 0 Å². The van der Waals surface area contributed by atoms with E-state index in [4.69, 9.17) is 10.00 Å². The van der Waals surface area contributed by atoms with Gasteiger partial charge in [-0.3, -0.25) is 4.90 Å². The summed E-state index contributed by atoms with van der Waals surface area (Å²) in [7, 11) is 1.68. The lowest BCUT2D eigenvalue weighted by Crippen LogP contribution is -2.54. The zero-order valence-corrected chi connectivity index (χ0v) is 11.6. The molecule has 1 N–H and O–H groups in total. The fraction of sp³-hybridized carbons (Fsp3) is 0.533. The van der Waals surface area contributed by atoms with Crippen LogP contribution < -0.4 is 10.1 Å². The monoisotopic (exact) mass is 259 g/mol. The molecule has 0 aliphatic carbocycles. The smallest absolute Gasteiger partial charge is 0.118 e. The molecule has 1 saturated heterocycles. The maximum Gasteiger partial charge on any atom is 0.118 e. The fourth-order valence-electron chi connectivity index (χ4n) is 2.43. The Labute approximate surface area is 115 Å². The molecular weight excluding hydrogens is 238 g/mol. The van der Waals surface area contributed by atoms with Crippen molar-refractivity contribution in [1.29, 1.82) is 5.26 Å². The van der Waals surface area contributed by atoms with Gasteiger partial charge in [0.05, 0.1) is 19.6 Å². The van der Waals surface area contributed by atoms with Crippen molar-refractivity contribution in [3.05, 3.63) is 29.8 Å². The summed E-state index contributed by atoms with van der Waals surface area (Å²) in [6, 6.07) is 11.2. The number of benzene rings is 1. The lowest BCUT2D eigenvalue weighted by Gasteiger charge is -2.38. The van der Waals surface area contributed by atoms with Crippen LogP contribution in [-0.4, -0.2) is 37.2 Å². The first-order valence-electron chi connectivity index (χ1n) is 6.70. The second-order valence-corrected chi connectivity index (χ2v) is 5.09. The van der Waals surface area contributed by atoms with Gasteiger partial charge in [-0.2, -0.15) is 5.26 Å².